The van der Waals surface area contributed by atoms with Gasteiger partial charge < -0.3 is 4.74 Å². The van der Waals surface area contributed by atoms with E-state index in [1.165, 1.54) is 7.11 Å². The van der Waals surface area contributed by atoms with Crippen LogP contribution in [-0.2, 0) is 9.53 Å². The quantitative estimate of drug-likeness (QED) is 0.712. The molecule has 0 bridgehead atoms. The first-order valence-corrected chi connectivity index (χ1v) is 5.40. The molecule has 0 saturated heterocycles. The van der Waals surface area contributed by atoms with Crippen molar-refractivity contribution in [3.05, 3.63) is 35.9 Å². The van der Waals surface area contributed by atoms with E-state index in [2.05, 4.69) is 4.99 Å². The molecule has 1 aromatic rings. The molecule has 0 N–H and O–H groups in total. The van der Waals surface area contributed by atoms with E-state index in [4.69, 9.17) is 4.74 Å². The smallest absolute Gasteiger partial charge is 0.311 e. The first kappa shape index (κ1) is 10.9. The van der Waals surface area contributed by atoms with Gasteiger partial charge in [0.05, 0.1) is 19.1 Å². The Kier molecular flexibility index (Phi) is 3.04. The van der Waals surface area contributed by atoms with Crippen molar-refractivity contribution in [2.75, 3.05) is 7.11 Å². The fourth-order valence-corrected chi connectivity index (χ4v) is 2.12. The van der Waals surface area contributed by atoms with Crippen molar-refractivity contribution in [2.24, 2.45) is 16.8 Å². The van der Waals surface area contributed by atoms with Crippen LogP contribution in [0.15, 0.2) is 35.3 Å². The van der Waals surface area contributed by atoms with Gasteiger partial charge in [0.2, 0.25) is 0 Å². The standard InChI is InChI=1S/C13H15NO2/c1-9-8-14-12(11(9)13(15)16-2)10-6-4-3-5-7-10/h3-9,11-12H,1-2H3/t9-,11+,12+/m0/s1. The Balaban J connectivity index is 2.28. The van der Waals surface area contributed by atoms with E-state index in [1.807, 2.05) is 43.5 Å². The third-order valence-electron chi connectivity index (χ3n) is 3.00. The molecule has 0 aromatic heterocycles. The molecule has 84 valence electrons. The summed E-state index contributed by atoms with van der Waals surface area (Å²) in [6, 6.07) is 9.78. The lowest BCUT2D eigenvalue weighted by Crippen LogP contribution is -2.25. The van der Waals surface area contributed by atoms with Crippen LogP contribution in [0.25, 0.3) is 0 Å². The number of aliphatic imine (C=N–C) groups is 1. The van der Waals surface area contributed by atoms with Crippen molar-refractivity contribution in [3.8, 4) is 0 Å². The van der Waals surface area contributed by atoms with E-state index in [1.54, 1.807) is 0 Å². The van der Waals surface area contributed by atoms with Gasteiger partial charge in [-0.05, 0) is 5.56 Å². The summed E-state index contributed by atoms with van der Waals surface area (Å²) in [7, 11) is 1.43. The third kappa shape index (κ3) is 1.85. The van der Waals surface area contributed by atoms with E-state index >= 15 is 0 Å². The Morgan fingerprint density at radius 1 is 1.31 bits per heavy atom. The molecule has 0 aliphatic carbocycles. The molecule has 3 nitrogen and oxygen atoms in total. The molecule has 2 rings (SSSR count). The molecule has 3 heteroatoms. The fourth-order valence-electron chi connectivity index (χ4n) is 2.12. The Morgan fingerprint density at radius 2 is 2.00 bits per heavy atom. The zero-order valence-corrected chi connectivity index (χ0v) is 9.46. The van der Waals surface area contributed by atoms with Crippen LogP contribution < -0.4 is 0 Å². The van der Waals surface area contributed by atoms with Crippen LogP contribution >= 0.6 is 0 Å². The summed E-state index contributed by atoms with van der Waals surface area (Å²) in [4.78, 5) is 16.1. The molecular formula is C13H15NO2. The number of hydrogen-bond donors (Lipinski definition) is 0. The Labute approximate surface area is 95.2 Å². The van der Waals surface area contributed by atoms with E-state index in [0.717, 1.165) is 5.56 Å². The van der Waals surface area contributed by atoms with Crippen molar-refractivity contribution >= 4 is 12.2 Å². The van der Waals surface area contributed by atoms with Gasteiger partial charge in [-0.15, -0.1) is 0 Å². The average molecular weight is 217 g/mol. The monoisotopic (exact) mass is 217 g/mol. The van der Waals surface area contributed by atoms with Gasteiger partial charge in [-0.2, -0.15) is 0 Å². The molecule has 0 radical (unpaired) electrons. The van der Waals surface area contributed by atoms with Gasteiger partial charge >= 0.3 is 5.97 Å². The van der Waals surface area contributed by atoms with Gasteiger partial charge in [-0.1, -0.05) is 37.3 Å². The number of esters is 1. The highest BCUT2D eigenvalue weighted by Gasteiger charge is 2.37. The van der Waals surface area contributed by atoms with Crippen molar-refractivity contribution in [3.63, 3.8) is 0 Å². The minimum absolute atomic E-state index is 0.0938. The summed E-state index contributed by atoms with van der Waals surface area (Å²) < 4.78 is 4.84. The summed E-state index contributed by atoms with van der Waals surface area (Å²) in [6.07, 6.45) is 1.85. The number of carbonyl (C=O) groups excluding carboxylic acids is 1. The second-order valence-electron chi connectivity index (χ2n) is 4.06. The van der Waals surface area contributed by atoms with Crippen LogP contribution in [0.5, 0.6) is 0 Å². The molecule has 1 aromatic carbocycles. The lowest BCUT2D eigenvalue weighted by atomic mass is 9.87. The molecule has 0 saturated carbocycles. The minimum Gasteiger partial charge on any atom is -0.469 e. The Hall–Kier alpha value is -1.64. The van der Waals surface area contributed by atoms with Crippen LogP contribution in [0.1, 0.15) is 18.5 Å². The van der Waals surface area contributed by atoms with Gasteiger partial charge in [0.1, 0.15) is 0 Å². The van der Waals surface area contributed by atoms with Gasteiger partial charge in [0.15, 0.2) is 0 Å². The predicted molar refractivity (Wildman–Crippen MR) is 62.3 cm³/mol. The second-order valence-corrected chi connectivity index (χ2v) is 4.06. The number of benzene rings is 1. The van der Waals surface area contributed by atoms with Crippen LogP contribution in [0.4, 0.5) is 0 Å². The van der Waals surface area contributed by atoms with E-state index in [0.29, 0.717) is 0 Å². The van der Waals surface area contributed by atoms with Crippen LogP contribution in [0.2, 0.25) is 0 Å². The van der Waals surface area contributed by atoms with Gasteiger partial charge in [0, 0.05) is 12.1 Å². The summed E-state index contributed by atoms with van der Waals surface area (Å²) in [6.45, 7) is 1.99. The number of methoxy groups -OCH3 is 1. The van der Waals surface area contributed by atoms with E-state index in [9.17, 15) is 4.79 Å². The summed E-state index contributed by atoms with van der Waals surface area (Å²) >= 11 is 0. The summed E-state index contributed by atoms with van der Waals surface area (Å²) in [5, 5.41) is 0. The lowest BCUT2D eigenvalue weighted by molar-refractivity contribution is -0.146. The molecule has 1 aliphatic rings. The number of rotatable bonds is 2. The SMILES string of the molecule is COC(=O)[C@H]1[C@@H](c2ccccc2)N=C[C@@H]1C. The van der Waals surface area contributed by atoms with Gasteiger partial charge in [-0.25, -0.2) is 0 Å². The predicted octanol–water partition coefficient (Wildman–Crippen LogP) is 2.24. The number of carbonyl (C=O) groups is 1. The highest BCUT2D eigenvalue weighted by atomic mass is 16.5. The van der Waals surface area contributed by atoms with Crippen LogP contribution in [0, 0.1) is 11.8 Å². The van der Waals surface area contributed by atoms with Crippen molar-refractivity contribution in [1.82, 2.24) is 0 Å². The first-order chi connectivity index (χ1) is 7.74. The van der Waals surface area contributed by atoms with Gasteiger partial charge in [0.25, 0.3) is 0 Å². The maximum atomic E-state index is 11.7. The minimum atomic E-state index is -0.188. The van der Waals surface area contributed by atoms with Crippen molar-refractivity contribution < 1.29 is 9.53 Å². The summed E-state index contributed by atoms with van der Waals surface area (Å²) in [5.41, 5.74) is 1.07. The van der Waals surface area contributed by atoms with Gasteiger partial charge in [-0.3, -0.25) is 9.79 Å². The normalized spacial score (nSPS) is 28.0. The second kappa shape index (κ2) is 4.47. The topological polar surface area (TPSA) is 38.7 Å². The molecule has 0 unspecified atom stereocenters. The molecule has 1 aliphatic heterocycles. The average Bonchev–Trinajstić information content (AvgIpc) is 2.71. The molecule has 1 heterocycles. The van der Waals surface area contributed by atoms with E-state index in [-0.39, 0.29) is 23.8 Å². The Bertz CT molecular complexity index is 400. The molecule has 3 atom stereocenters. The van der Waals surface area contributed by atoms with Crippen molar-refractivity contribution in [1.29, 1.82) is 0 Å². The lowest BCUT2D eigenvalue weighted by Gasteiger charge is -2.19. The highest BCUT2D eigenvalue weighted by Crippen LogP contribution is 2.36. The van der Waals surface area contributed by atoms with Crippen LogP contribution in [0.3, 0.4) is 0 Å². The molecule has 0 amide bonds. The third-order valence-corrected chi connectivity index (χ3v) is 3.00. The molecule has 0 spiro atoms. The maximum Gasteiger partial charge on any atom is 0.311 e. The molecule has 16 heavy (non-hydrogen) atoms. The number of nitrogens with zero attached hydrogens (tertiary/aromatic N) is 1. The maximum absolute atomic E-state index is 11.7. The molecule has 0 fully saturated rings. The fraction of sp³-hybridized carbons (Fsp3) is 0.385. The Morgan fingerprint density at radius 3 is 2.62 bits per heavy atom. The summed E-state index contributed by atoms with van der Waals surface area (Å²) in [5.74, 6) is -0.232. The zero-order chi connectivity index (χ0) is 11.5. The van der Waals surface area contributed by atoms with Crippen molar-refractivity contribution in [2.45, 2.75) is 13.0 Å². The number of ether oxygens (including phenoxy) is 1. The zero-order valence-electron chi connectivity index (χ0n) is 9.46. The largest absolute Gasteiger partial charge is 0.469 e. The molecular weight excluding hydrogens is 202 g/mol. The van der Waals surface area contributed by atoms with Crippen LogP contribution in [-0.4, -0.2) is 19.3 Å². The highest BCUT2D eigenvalue weighted by molar-refractivity contribution is 5.81. The number of hydrogen-bond acceptors (Lipinski definition) is 3. The van der Waals surface area contributed by atoms with E-state index < -0.39 is 0 Å². The first-order valence-electron chi connectivity index (χ1n) is 5.40.